The van der Waals surface area contributed by atoms with Crippen molar-refractivity contribution >= 4 is 34.7 Å². The molecule has 9 nitrogen and oxygen atoms in total. The molecule has 2 N–H and O–H groups in total. The van der Waals surface area contributed by atoms with Crippen LogP contribution in [0.2, 0.25) is 0 Å². The standard InChI is InChI=1S/C28H27N3O6/c1-4-36-20-13-14-21(23(16-20)37-5-2)26(33)24-25(22-8-6-7-15-29-22)31(28(35)27(24)34)19-11-9-18(10-12-19)30-17(3)32/h6-16,25,33H,4-5H2,1-3H3,(H,30,32)/b26-24-. The van der Waals surface area contributed by atoms with E-state index in [9.17, 15) is 19.5 Å². The van der Waals surface area contributed by atoms with Gasteiger partial charge in [0.2, 0.25) is 5.91 Å². The normalized spacial score (nSPS) is 16.5. The van der Waals surface area contributed by atoms with Crippen LogP contribution in [-0.2, 0) is 14.4 Å². The second-order valence-corrected chi connectivity index (χ2v) is 8.18. The summed E-state index contributed by atoms with van der Waals surface area (Å²) >= 11 is 0. The lowest BCUT2D eigenvalue weighted by Crippen LogP contribution is -2.29. The topological polar surface area (TPSA) is 118 Å². The van der Waals surface area contributed by atoms with Crippen LogP contribution in [0.3, 0.4) is 0 Å². The molecule has 1 aliphatic rings. The summed E-state index contributed by atoms with van der Waals surface area (Å²) in [6.07, 6.45) is 1.55. The van der Waals surface area contributed by atoms with Gasteiger partial charge >= 0.3 is 0 Å². The molecule has 1 aliphatic heterocycles. The highest BCUT2D eigenvalue weighted by molar-refractivity contribution is 6.51. The zero-order chi connectivity index (χ0) is 26.5. The van der Waals surface area contributed by atoms with Gasteiger partial charge in [-0.2, -0.15) is 0 Å². The number of hydrogen-bond donors (Lipinski definition) is 2. The minimum Gasteiger partial charge on any atom is -0.507 e. The first-order chi connectivity index (χ1) is 17.8. The molecule has 9 heteroatoms. The maximum Gasteiger partial charge on any atom is 0.300 e. The fourth-order valence-electron chi connectivity index (χ4n) is 4.20. The molecule has 2 heterocycles. The zero-order valence-electron chi connectivity index (χ0n) is 20.7. The van der Waals surface area contributed by atoms with Gasteiger partial charge in [0.05, 0.1) is 30.0 Å². The van der Waals surface area contributed by atoms with Crippen LogP contribution in [0.15, 0.2) is 72.4 Å². The van der Waals surface area contributed by atoms with Crippen LogP contribution in [0.5, 0.6) is 11.5 Å². The summed E-state index contributed by atoms with van der Waals surface area (Å²) in [5.74, 6) is -1.41. The van der Waals surface area contributed by atoms with Crippen molar-refractivity contribution in [3.8, 4) is 11.5 Å². The van der Waals surface area contributed by atoms with Crippen molar-refractivity contribution in [1.82, 2.24) is 4.98 Å². The third-order valence-electron chi connectivity index (χ3n) is 5.70. The van der Waals surface area contributed by atoms with E-state index in [2.05, 4.69) is 10.3 Å². The molecule has 37 heavy (non-hydrogen) atoms. The van der Waals surface area contributed by atoms with Crippen LogP contribution in [-0.4, -0.2) is 40.9 Å². The molecular weight excluding hydrogens is 474 g/mol. The van der Waals surface area contributed by atoms with Crippen molar-refractivity contribution in [3.63, 3.8) is 0 Å². The quantitative estimate of drug-likeness (QED) is 0.266. The van der Waals surface area contributed by atoms with Gasteiger partial charge in [-0.1, -0.05) is 6.07 Å². The minimum absolute atomic E-state index is 0.111. The molecule has 0 spiro atoms. The molecule has 3 aromatic rings. The molecule has 190 valence electrons. The van der Waals surface area contributed by atoms with E-state index in [4.69, 9.17) is 9.47 Å². The van der Waals surface area contributed by atoms with E-state index in [1.807, 2.05) is 6.92 Å². The molecular formula is C28H27N3O6. The van der Waals surface area contributed by atoms with E-state index in [1.54, 1.807) is 73.8 Å². The van der Waals surface area contributed by atoms with Crippen molar-refractivity contribution in [2.24, 2.45) is 0 Å². The number of ether oxygens (including phenoxy) is 2. The van der Waals surface area contributed by atoms with Gasteiger partial charge in [-0.25, -0.2) is 0 Å². The summed E-state index contributed by atoms with van der Waals surface area (Å²) in [6, 6.07) is 15.5. The summed E-state index contributed by atoms with van der Waals surface area (Å²) in [6.45, 7) is 5.81. The first-order valence-corrected chi connectivity index (χ1v) is 11.8. The summed E-state index contributed by atoms with van der Waals surface area (Å²) < 4.78 is 11.3. The van der Waals surface area contributed by atoms with Crippen LogP contribution < -0.4 is 19.7 Å². The fourth-order valence-corrected chi connectivity index (χ4v) is 4.20. The Kier molecular flexibility index (Phi) is 7.52. The molecule has 1 atom stereocenters. The Bertz CT molecular complexity index is 1350. The number of anilines is 2. The van der Waals surface area contributed by atoms with Crippen molar-refractivity contribution < 1.29 is 29.0 Å². The van der Waals surface area contributed by atoms with Gasteiger partial charge in [0.15, 0.2) is 0 Å². The van der Waals surface area contributed by atoms with Gasteiger partial charge in [-0.3, -0.25) is 24.3 Å². The van der Waals surface area contributed by atoms with E-state index < -0.39 is 17.7 Å². The number of ketones is 1. The molecule has 4 rings (SSSR count). The number of rotatable bonds is 8. The summed E-state index contributed by atoms with van der Waals surface area (Å²) in [5.41, 5.74) is 1.49. The largest absolute Gasteiger partial charge is 0.507 e. The van der Waals surface area contributed by atoms with Gasteiger partial charge < -0.3 is 19.9 Å². The Hall–Kier alpha value is -4.66. The Morgan fingerprint density at radius 1 is 1.03 bits per heavy atom. The van der Waals surface area contributed by atoms with Crippen molar-refractivity contribution in [2.75, 3.05) is 23.4 Å². The minimum atomic E-state index is -0.992. The lowest BCUT2D eigenvalue weighted by atomic mass is 9.97. The maximum atomic E-state index is 13.4. The second kappa shape index (κ2) is 10.9. The molecule has 2 amide bonds. The van der Waals surface area contributed by atoms with Crippen molar-refractivity contribution in [2.45, 2.75) is 26.8 Å². The fraction of sp³-hybridized carbons (Fsp3) is 0.214. The number of hydrogen-bond acceptors (Lipinski definition) is 7. The molecule has 2 aromatic carbocycles. The first kappa shape index (κ1) is 25.4. The van der Waals surface area contributed by atoms with Gasteiger partial charge in [0.1, 0.15) is 23.3 Å². The van der Waals surface area contributed by atoms with Crippen molar-refractivity contribution in [1.29, 1.82) is 0 Å². The van der Waals surface area contributed by atoms with Crippen LogP contribution >= 0.6 is 0 Å². The average Bonchev–Trinajstić information content (AvgIpc) is 3.15. The van der Waals surface area contributed by atoms with Crippen LogP contribution in [0, 0.1) is 0 Å². The van der Waals surface area contributed by atoms with E-state index in [0.717, 1.165) is 0 Å². The molecule has 1 aromatic heterocycles. The molecule has 0 radical (unpaired) electrons. The summed E-state index contributed by atoms with van der Waals surface area (Å²) in [4.78, 5) is 43.8. The highest BCUT2D eigenvalue weighted by atomic mass is 16.5. The van der Waals surface area contributed by atoms with Gasteiger partial charge in [-0.05, 0) is 62.4 Å². The number of nitrogens with zero attached hydrogens (tertiary/aromatic N) is 2. The molecule has 0 saturated carbocycles. The number of amides is 2. The Morgan fingerprint density at radius 3 is 2.38 bits per heavy atom. The summed E-state index contributed by atoms with van der Waals surface area (Å²) in [7, 11) is 0. The van der Waals surface area contributed by atoms with Crippen LogP contribution in [0.25, 0.3) is 5.76 Å². The molecule has 1 unspecified atom stereocenters. The monoisotopic (exact) mass is 501 g/mol. The number of aromatic nitrogens is 1. The molecule has 0 bridgehead atoms. The smallest absolute Gasteiger partial charge is 0.300 e. The van der Waals surface area contributed by atoms with Crippen LogP contribution in [0.1, 0.15) is 38.1 Å². The van der Waals surface area contributed by atoms with E-state index >= 15 is 0 Å². The molecule has 1 saturated heterocycles. The Balaban J connectivity index is 1.87. The number of aliphatic hydroxyl groups excluding tert-OH is 1. The molecule has 1 fully saturated rings. The molecule has 0 aliphatic carbocycles. The maximum absolute atomic E-state index is 13.4. The lowest BCUT2D eigenvalue weighted by molar-refractivity contribution is -0.132. The average molecular weight is 502 g/mol. The lowest BCUT2D eigenvalue weighted by Gasteiger charge is -2.25. The van der Waals surface area contributed by atoms with Gasteiger partial charge in [-0.15, -0.1) is 0 Å². The number of aliphatic hydroxyl groups is 1. The number of Topliss-reactive ketones (excluding diaryl/α,β-unsaturated/α-hetero) is 1. The Labute approximate surface area is 214 Å². The highest BCUT2D eigenvalue weighted by Crippen LogP contribution is 2.43. The zero-order valence-corrected chi connectivity index (χ0v) is 20.7. The number of pyridine rings is 1. The van der Waals surface area contributed by atoms with Gasteiger partial charge in [0.25, 0.3) is 11.7 Å². The summed E-state index contributed by atoms with van der Waals surface area (Å²) in [5, 5.41) is 14.1. The third-order valence-corrected chi connectivity index (χ3v) is 5.70. The second-order valence-electron chi connectivity index (χ2n) is 8.18. The predicted octanol–water partition coefficient (Wildman–Crippen LogP) is 4.46. The van der Waals surface area contributed by atoms with Crippen molar-refractivity contribution in [3.05, 3.63) is 83.7 Å². The van der Waals surface area contributed by atoms with Crippen LogP contribution in [0.4, 0.5) is 11.4 Å². The predicted molar refractivity (Wildman–Crippen MR) is 139 cm³/mol. The SMILES string of the molecule is CCOc1ccc(/C(O)=C2/C(=O)C(=O)N(c3ccc(NC(C)=O)cc3)C2c2ccccn2)c(OCC)c1. The van der Waals surface area contributed by atoms with E-state index in [-0.39, 0.29) is 22.8 Å². The van der Waals surface area contributed by atoms with E-state index in [1.165, 1.54) is 11.8 Å². The Morgan fingerprint density at radius 2 is 1.76 bits per heavy atom. The van der Waals surface area contributed by atoms with Gasteiger partial charge in [0, 0.05) is 30.6 Å². The number of carbonyl (C=O) groups is 3. The number of carbonyl (C=O) groups excluding carboxylic acids is 3. The van der Waals surface area contributed by atoms with E-state index in [0.29, 0.717) is 41.8 Å². The third kappa shape index (κ3) is 5.16. The number of nitrogens with one attached hydrogen (secondary N) is 1. The number of benzene rings is 2. The highest BCUT2D eigenvalue weighted by Gasteiger charge is 2.47. The first-order valence-electron chi connectivity index (χ1n) is 11.8.